The highest BCUT2D eigenvalue weighted by Gasteiger charge is 2.24. The number of para-hydroxylation sites is 3. The van der Waals surface area contributed by atoms with Crippen molar-refractivity contribution in [3.05, 3.63) is 211 Å². The third-order valence-corrected chi connectivity index (χ3v) is 10.9. The van der Waals surface area contributed by atoms with Crippen LogP contribution in [0.2, 0.25) is 0 Å². The molecule has 1 aliphatic rings. The molecule has 1 aliphatic heterocycles. The average Bonchev–Trinajstić information content (AvgIpc) is 3.83. The predicted molar refractivity (Wildman–Crippen MR) is 231 cm³/mol. The van der Waals surface area contributed by atoms with E-state index in [1.54, 1.807) is 0 Å². The predicted octanol–water partition coefficient (Wildman–Crippen LogP) is 12.5. The minimum atomic E-state index is -0.391. The highest BCUT2D eigenvalue weighted by atomic mass is 16.3. The van der Waals surface area contributed by atoms with Crippen LogP contribution < -0.4 is 5.32 Å². The average molecular weight is 719 g/mol. The lowest BCUT2D eigenvalue weighted by molar-refractivity contribution is 0.666. The molecule has 11 rings (SSSR count). The summed E-state index contributed by atoms with van der Waals surface area (Å²) >= 11 is 0. The first-order valence-corrected chi connectivity index (χ1v) is 18.9. The number of hydrogen-bond acceptors (Lipinski definition) is 4. The molecule has 264 valence electrons. The summed E-state index contributed by atoms with van der Waals surface area (Å²) in [5, 5.41) is 8.28. The Kier molecular flexibility index (Phi) is 7.49. The minimum absolute atomic E-state index is 0.391. The second kappa shape index (κ2) is 13.1. The smallest absolute Gasteiger partial charge is 0.159 e. The molecule has 10 aromatic rings. The van der Waals surface area contributed by atoms with Crippen molar-refractivity contribution in [1.82, 2.24) is 9.88 Å². The maximum atomic E-state index is 6.58. The van der Waals surface area contributed by atoms with Gasteiger partial charge in [0, 0.05) is 32.7 Å². The Labute approximate surface area is 323 Å². The van der Waals surface area contributed by atoms with E-state index in [4.69, 9.17) is 14.4 Å². The van der Waals surface area contributed by atoms with Crippen LogP contribution in [-0.2, 0) is 0 Å². The van der Waals surface area contributed by atoms with Crippen molar-refractivity contribution in [3.8, 4) is 27.9 Å². The summed E-state index contributed by atoms with van der Waals surface area (Å²) < 4.78 is 8.92. The van der Waals surface area contributed by atoms with Crippen LogP contribution >= 0.6 is 0 Å². The number of hydrogen-bond donors (Lipinski definition) is 1. The largest absolute Gasteiger partial charge is 0.454 e. The third-order valence-electron chi connectivity index (χ3n) is 10.9. The van der Waals surface area contributed by atoms with Crippen LogP contribution in [0, 0.1) is 0 Å². The number of nitrogens with one attached hydrogen (secondary N) is 1. The van der Waals surface area contributed by atoms with Crippen molar-refractivity contribution < 1.29 is 4.42 Å². The van der Waals surface area contributed by atoms with Gasteiger partial charge in [0.05, 0.1) is 16.7 Å². The molecule has 0 saturated carbocycles. The van der Waals surface area contributed by atoms with Crippen molar-refractivity contribution in [2.24, 2.45) is 9.98 Å². The van der Waals surface area contributed by atoms with E-state index < -0.39 is 6.17 Å². The molecule has 0 spiro atoms. The molecular weight excluding hydrogens is 685 g/mol. The summed E-state index contributed by atoms with van der Waals surface area (Å²) in [5.41, 5.74) is 12.6. The molecule has 0 aliphatic carbocycles. The number of rotatable bonds is 6. The Hall–Kier alpha value is -7.50. The lowest BCUT2D eigenvalue weighted by Crippen LogP contribution is -2.33. The maximum absolute atomic E-state index is 6.58. The van der Waals surface area contributed by atoms with Crippen LogP contribution in [0.4, 0.5) is 0 Å². The van der Waals surface area contributed by atoms with Gasteiger partial charge in [0.25, 0.3) is 0 Å². The molecule has 1 N–H and O–H groups in total. The lowest BCUT2D eigenvalue weighted by Gasteiger charge is -2.24. The maximum Gasteiger partial charge on any atom is 0.159 e. The third kappa shape index (κ3) is 5.40. The zero-order valence-corrected chi connectivity index (χ0v) is 30.3. The van der Waals surface area contributed by atoms with Crippen molar-refractivity contribution in [2.75, 3.05) is 0 Å². The van der Waals surface area contributed by atoms with Gasteiger partial charge < -0.3 is 14.3 Å². The Balaban J connectivity index is 1.05. The number of furan rings is 1. The number of fused-ring (bicyclic) bond motifs is 6. The van der Waals surface area contributed by atoms with E-state index >= 15 is 0 Å². The first-order chi connectivity index (χ1) is 27.7. The monoisotopic (exact) mass is 718 g/mol. The van der Waals surface area contributed by atoms with E-state index in [9.17, 15) is 0 Å². The van der Waals surface area contributed by atoms with Crippen LogP contribution in [-0.4, -0.2) is 16.2 Å². The molecule has 0 radical (unpaired) electrons. The van der Waals surface area contributed by atoms with E-state index in [0.29, 0.717) is 5.84 Å². The Morgan fingerprint density at radius 2 is 1.02 bits per heavy atom. The Morgan fingerprint density at radius 1 is 0.446 bits per heavy atom. The van der Waals surface area contributed by atoms with Gasteiger partial charge in [0.2, 0.25) is 0 Å². The van der Waals surface area contributed by atoms with Gasteiger partial charge in [-0.3, -0.25) is 0 Å². The summed E-state index contributed by atoms with van der Waals surface area (Å²) in [4.78, 5) is 10.5. The van der Waals surface area contributed by atoms with Crippen molar-refractivity contribution in [1.29, 1.82) is 0 Å². The first-order valence-electron chi connectivity index (χ1n) is 18.9. The van der Waals surface area contributed by atoms with Crippen LogP contribution in [0.1, 0.15) is 22.9 Å². The van der Waals surface area contributed by atoms with Gasteiger partial charge in [-0.2, -0.15) is 0 Å². The SMILES string of the molecule is c1ccc(-c2ccc(C3=NC(c4ccc5c6ccccc6n(-c6cccc7c6oc6ccccc67)c5c4)NC(c4ccc(-c5ccccc5)cc4)=N3)cc2)cc1. The summed E-state index contributed by atoms with van der Waals surface area (Å²) in [6, 6.07) is 68.0. The molecule has 0 fully saturated rings. The lowest BCUT2D eigenvalue weighted by atomic mass is 10.0. The van der Waals surface area contributed by atoms with E-state index in [0.717, 1.165) is 72.3 Å². The van der Waals surface area contributed by atoms with Crippen molar-refractivity contribution in [3.63, 3.8) is 0 Å². The molecule has 1 atom stereocenters. The molecule has 0 saturated heterocycles. The van der Waals surface area contributed by atoms with Crippen LogP contribution in [0.3, 0.4) is 0 Å². The number of benzene rings is 8. The number of aromatic nitrogens is 1. The van der Waals surface area contributed by atoms with Crippen molar-refractivity contribution >= 4 is 55.4 Å². The summed E-state index contributed by atoms with van der Waals surface area (Å²) in [6.45, 7) is 0. The fourth-order valence-corrected chi connectivity index (χ4v) is 8.12. The number of nitrogens with zero attached hydrogens (tertiary/aromatic N) is 3. The Morgan fingerprint density at radius 3 is 1.75 bits per heavy atom. The number of amidine groups is 2. The second-order valence-electron chi connectivity index (χ2n) is 14.2. The topological polar surface area (TPSA) is 54.8 Å². The molecule has 3 heterocycles. The molecule has 56 heavy (non-hydrogen) atoms. The van der Waals surface area contributed by atoms with E-state index in [1.807, 2.05) is 24.3 Å². The summed E-state index contributed by atoms with van der Waals surface area (Å²) in [7, 11) is 0. The van der Waals surface area contributed by atoms with Crippen LogP contribution in [0.15, 0.2) is 209 Å². The molecule has 1 unspecified atom stereocenters. The van der Waals surface area contributed by atoms with Gasteiger partial charge in [-0.25, -0.2) is 9.98 Å². The minimum Gasteiger partial charge on any atom is -0.454 e. The normalized spacial score (nSPS) is 14.2. The van der Waals surface area contributed by atoms with E-state index in [1.165, 1.54) is 21.9 Å². The highest BCUT2D eigenvalue weighted by molar-refractivity contribution is 6.14. The highest BCUT2D eigenvalue weighted by Crippen LogP contribution is 2.39. The molecule has 8 aromatic carbocycles. The molecule has 5 nitrogen and oxygen atoms in total. The standard InChI is InChI=1S/C51H34N4O/c1-3-12-33(13-4-1)35-22-26-37(27-23-35)49-52-50(38-28-24-36(25-29-38)34-14-5-2-6-15-34)54-51(53-49)39-30-31-41-40-16-7-9-19-44(40)55(46(41)32-39)45-20-11-18-43-42-17-8-10-21-47(42)56-48(43)45/h1-32,51H,(H,52,53,54). The van der Waals surface area contributed by atoms with Crippen LogP contribution in [0.25, 0.3) is 71.7 Å². The molecule has 2 aromatic heterocycles. The fourth-order valence-electron chi connectivity index (χ4n) is 8.12. The molecular formula is C51H34N4O. The van der Waals surface area contributed by atoms with Gasteiger partial charge in [0.15, 0.2) is 11.4 Å². The van der Waals surface area contributed by atoms with Gasteiger partial charge in [-0.05, 0) is 52.1 Å². The van der Waals surface area contributed by atoms with Gasteiger partial charge in [-0.1, -0.05) is 170 Å². The zero-order chi connectivity index (χ0) is 37.0. The Bertz CT molecular complexity index is 3140. The van der Waals surface area contributed by atoms with Crippen molar-refractivity contribution in [2.45, 2.75) is 6.17 Å². The van der Waals surface area contributed by atoms with Gasteiger partial charge in [-0.15, -0.1) is 0 Å². The van der Waals surface area contributed by atoms with Gasteiger partial charge in [0.1, 0.15) is 17.6 Å². The fraction of sp³-hybridized carbons (Fsp3) is 0.0196. The molecule has 0 amide bonds. The van der Waals surface area contributed by atoms with E-state index in [-0.39, 0.29) is 0 Å². The van der Waals surface area contributed by atoms with Gasteiger partial charge >= 0.3 is 0 Å². The second-order valence-corrected chi connectivity index (χ2v) is 14.2. The zero-order valence-electron chi connectivity index (χ0n) is 30.3. The van der Waals surface area contributed by atoms with Crippen LogP contribution in [0.5, 0.6) is 0 Å². The molecule has 5 heteroatoms. The quantitative estimate of drug-likeness (QED) is 0.186. The first kappa shape index (κ1) is 32.0. The number of aliphatic imine (C=N–C) groups is 2. The summed E-state index contributed by atoms with van der Waals surface area (Å²) in [6.07, 6.45) is -0.391. The summed E-state index contributed by atoms with van der Waals surface area (Å²) in [5.74, 6) is 1.46. The van der Waals surface area contributed by atoms with E-state index in [2.05, 4.69) is 180 Å². The molecule has 0 bridgehead atoms.